The average Bonchev–Trinajstić information content (AvgIpc) is 3.87. The van der Waals surface area contributed by atoms with E-state index >= 15 is 0 Å². The predicted octanol–water partition coefficient (Wildman–Crippen LogP) is 2.63. The summed E-state index contributed by atoms with van der Waals surface area (Å²) >= 11 is 0. The van der Waals surface area contributed by atoms with E-state index in [0.29, 0.717) is 29.8 Å². The number of ether oxygens (including phenoxy) is 1. The molecule has 43 heavy (non-hydrogen) atoms. The van der Waals surface area contributed by atoms with Crippen molar-refractivity contribution in [3.63, 3.8) is 0 Å². The number of aryl methyl sites for hydroxylation is 1. The third-order valence-corrected chi connectivity index (χ3v) is 8.15. The number of halogens is 1. The van der Waals surface area contributed by atoms with Gasteiger partial charge in [0.15, 0.2) is 0 Å². The molecular formula is C32H42FN7O3. The highest BCUT2D eigenvalue weighted by Crippen LogP contribution is 2.46. The summed E-state index contributed by atoms with van der Waals surface area (Å²) in [6.45, 7) is 7.56. The molecule has 0 radical (unpaired) electrons. The molecule has 2 heterocycles. The summed E-state index contributed by atoms with van der Waals surface area (Å²) in [5, 5.41) is 15.8. The molecule has 230 valence electrons. The highest BCUT2D eigenvalue weighted by molar-refractivity contribution is 5.93. The van der Waals surface area contributed by atoms with Gasteiger partial charge in [-0.2, -0.15) is 5.26 Å². The fourth-order valence-electron chi connectivity index (χ4n) is 5.31. The highest BCUT2D eigenvalue weighted by Gasteiger charge is 2.45. The molecule has 2 fully saturated rings. The molecule has 1 saturated heterocycles. The van der Waals surface area contributed by atoms with E-state index in [1.807, 2.05) is 30.3 Å². The van der Waals surface area contributed by atoms with Gasteiger partial charge in [-0.3, -0.25) is 9.69 Å². The first-order chi connectivity index (χ1) is 20.8. The third-order valence-electron chi connectivity index (χ3n) is 8.15. The summed E-state index contributed by atoms with van der Waals surface area (Å²) in [6, 6.07) is 10.4. The first-order valence-corrected chi connectivity index (χ1v) is 14.8. The summed E-state index contributed by atoms with van der Waals surface area (Å²) in [5.41, 5.74) is 8.69. The van der Waals surface area contributed by atoms with Gasteiger partial charge in [0.25, 0.3) is 5.91 Å². The number of carbonyl (C=O) groups is 2. The summed E-state index contributed by atoms with van der Waals surface area (Å²) in [6.07, 6.45) is 4.84. The molecule has 1 aromatic heterocycles. The topological polar surface area (TPSA) is 137 Å². The molecule has 1 aliphatic carbocycles. The molecule has 1 atom stereocenters. The average molecular weight is 592 g/mol. The molecule has 10 nitrogen and oxygen atoms in total. The van der Waals surface area contributed by atoms with E-state index < -0.39 is 11.2 Å². The fourth-order valence-corrected chi connectivity index (χ4v) is 5.31. The zero-order valence-electron chi connectivity index (χ0n) is 25.1. The first kappa shape index (κ1) is 32.1. The Morgan fingerprint density at radius 2 is 2.05 bits per heavy atom. The van der Waals surface area contributed by atoms with Crippen molar-refractivity contribution in [2.45, 2.75) is 32.7 Å². The zero-order valence-corrected chi connectivity index (χ0v) is 25.1. The Morgan fingerprint density at radius 1 is 1.28 bits per heavy atom. The molecule has 2 aliphatic rings. The van der Waals surface area contributed by atoms with E-state index in [1.165, 1.54) is 12.1 Å². The highest BCUT2D eigenvalue weighted by atomic mass is 19.1. The number of aromatic nitrogens is 1. The molecule has 2 aromatic rings. The van der Waals surface area contributed by atoms with Crippen molar-refractivity contribution in [2.75, 3.05) is 64.4 Å². The van der Waals surface area contributed by atoms with Gasteiger partial charge in [0.2, 0.25) is 0 Å². The molecule has 1 saturated carbocycles. The number of amides is 1. The maximum Gasteiger partial charge on any atom is 0.270 e. The maximum absolute atomic E-state index is 14.6. The van der Waals surface area contributed by atoms with Gasteiger partial charge in [0, 0.05) is 70.4 Å². The Kier molecular flexibility index (Phi) is 11.2. The fraction of sp³-hybridized carbons (Fsp3) is 0.500. The lowest BCUT2D eigenvalue weighted by atomic mass is 9.82. The lowest BCUT2D eigenvalue weighted by molar-refractivity contribution is -0.114. The summed E-state index contributed by atoms with van der Waals surface area (Å²) in [5.74, 6) is -0.678. The molecule has 4 rings (SSSR count). The monoisotopic (exact) mass is 591 g/mol. The smallest absolute Gasteiger partial charge is 0.270 e. The van der Waals surface area contributed by atoms with Gasteiger partial charge in [-0.25, -0.2) is 9.37 Å². The number of nitriles is 1. The molecule has 0 bridgehead atoms. The van der Waals surface area contributed by atoms with Crippen LogP contribution in [0.4, 0.5) is 10.1 Å². The van der Waals surface area contributed by atoms with Crippen molar-refractivity contribution < 1.29 is 18.7 Å². The molecule has 1 aromatic carbocycles. The van der Waals surface area contributed by atoms with E-state index in [4.69, 9.17) is 10.5 Å². The van der Waals surface area contributed by atoms with Crippen LogP contribution in [-0.4, -0.2) is 81.6 Å². The second-order valence-electron chi connectivity index (χ2n) is 11.4. The molecule has 1 amide bonds. The van der Waals surface area contributed by atoms with Gasteiger partial charge in [0.1, 0.15) is 23.2 Å². The Bertz CT molecular complexity index is 1350. The van der Waals surface area contributed by atoms with E-state index in [0.717, 1.165) is 69.8 Å². The van der Waals surface area contributed by atoms with Crippen LogP contribution in [0.3, 0.4) is 0 Å². The van der Waals surface area contributed by atoms with Crippen molar-refractivity contribution in [3.05, 3.63) is 64.9 Å². The van der Waals surface area contributed by atoms with Crippen LogP contribution in [-0.2, 0) is 16.1 Å². The summed E-state index contributed by atoms with van der Waals surface area (Å²) in [4.78, 5) is 33.5. The van der Waals surface area contributed by atoms with Crippen LogP contribution in [0.25, 0.3) is 5.57 Å². The number of carbonyl (C=O) groups excluding carboxylic acids is 2. The van der Waals surface area contributed by atoms with Crippen LogP contribution in [0.2, 0.25) is 0 Å². The predicted molar refractivity (Wildman–Crippen MR) is 164 cm³/mol. The van der Waals surface area contributed by atoms with Crippen LogP contribution in [0.15, 0.2) is 36.5 Å². The second kappa shape index (κ2) is 15.0. The van der Waals surface area contributed by atoms with Crippen molar-refractivity contribution >= 4 is 23.5 Å². The number of nitrogens with one attached hydrogen (secondary N) is 2. The molecule has 4 N–H and O–H groups in total. The lowest BCUT2D eigenvalue weighted by Crippen LogP contribution is -2.39. The normalized spacial score (nSPS) is 17.0. The summed E-state index contributed by atoms with van der Waals surface area (Å²) in [7, 11) is 1.87. The molecule has 0 spiro atoms. The second-order valence-corrected chi connectivity index (χ2v) is 11.4. The van der Waals surface area contributed by atoms with Crippen LogP contribution in [0.5, 0.6) is 0 Å². The Morgan fingerprint density at radius 3 is 2.72 bits per heavy atom. The van der Waals surface area contributed by atoms with E-state index in [2.05, 4.69) is 26.6 Å². The summed E-state index contributed by atoms with van der Waals surface area (Å²) < 4.78 is 20.0. The zero-order chi connectivity index (χ0) is 30.8. The van der Waals surface area contributed by atoms with Crippen molar-refractivity contribution in [1.82, 2.24) is 20.5 Å². The van der Waals surface area contributed by atoms with Crippen LogP contribution in [0, 0.1) is 35.4 Å². The van der Waals surface area contributed by atoms with Crippen LogP contribution >= 0.6 is 0 Å². The molecule has 1 unspecified atom stereocenters. The third kappa shape index (κ3) is 8.83. The SMILES string of the molecule is Cc1cc(N(C)CCC(C#N)(C=O)C2CC2)cc(C(=O)NCc2cc(F)cc(/C(=C/NCCN3CCOCC3)CN)c2)n1. The quantitative estimate of drug-likeness (QED) is 0.211. The Labute approximate surface area is 253 Å². The molecular weight excluding hydrogens is 549 g/mol. The van der Waals surface area contributed by atoms with Gasteiger partial charge in [-0.05, 0) is 79.1 Å². The number of nitrogens with two attached hydrogens (primary N) is 1. The number of nitrogens with zero attached hydrogens (tertiary/aromatic N) is 4. The minimum Gasteiger partial charge on any atom is -0.389 e. The lowest BCUT2D eigenvalue weighted by Gasteiger charge is -2.26. The van der Waals surface area contributed by atoms with Gasteiger partial charge in [0.05, 0.1) is 19.3 Å². The van der Waals surface area contributed by atoms with Gasteiger partial charge >= 0.3 is 0 Å². The Hall–Kier alpha value is -3.85. The van der Waals surface area contributed by atoms with Gasteiger partial charge in [-0.1, -0.05) is 0 Å². The van der Waals surface area contributed by atoms with E-state index in [-0.39, 0.29) is 30.6 Å². The maximum atomic E-state index is 14.6. The van der Waals surface area contributed by atoms with Gasteiger partial charge in [-0.15, -0.1) is 0 Å². The standard InChI is InChI=1S/C32H42FN7O3/c1-23-13-29(39(2)7-5-32(21-35,22-41)27-3-4-27)17-30(38-23)31(42)37-19-24-14-25(16-28(33)15-24)26(18-34)20-36-6-8-40-9-11-43-12-10-40/h13-17,20,22,27,36H,3-12,18-19,34H2,1-2H3,(H,37,42)/b26-20+. The van der Waals surface area contributed by atoms with Crippen molar-refractivity contribution in [3.8, 4) is 6.07 Å². The molecule has 1 aliphatic heterocycles. The number of pyridine rings is 1. The Balaban J connectivity index is 1.36. The van der Waals surface area contributed by atoms with E-state index in [9.17, 15) is 19.2 Å². The number of benzene rings is 1. The number of anilines is 1. The first-order valence-electron chi connectivity index (χ1n) is 14.8. The minimum atomic E-state index is -0.960. The van der Waals surface area contributed by atoms with E-state index in [1.54, 1.807) is 13.0 Å². The minimum absolute atomic E-state index is 0.109. The number of aldehydes is 1. The number of hydrogen-bond donors (Lipinski definition) is 3. The van der Waals surface area contributed by atoms with Crippen molar-refractivity contribution in [2.24, 2.45) is 17.1 Å². The molecule has 11 heteroatoms. The van der Waals surface area contributed by atoms with Crippen molar-refractivity contribution in [1.29, 1.82) is 5.26 Å². The number of hydrogen-bond acceptors (Lipinski definition) is 9. The number of morpholine rings is 1. The van der Waals surface area contributed by atoms with Crippen LogP contribution < -0.4 is 21.3 Å². The van der Waals surface area contributed by atoms with Gasteiger partial charge < -0.3 is 30.8 Å². The van der Waals surface area contributed by atoms with Crippen LogP contribution in [0.1, 0.15) is 46.6 Å². The number of rotatable bonds is 15. The largest absolute Gasteiger partial charge is 0.389 e.